The van der Waals surface area contributed by atoms with Gasteiger partial charge in [-0.15, -0.1) is 0 Å². The van der Waals surface area contributed by atoms with Crippen LogP contribution in [0.15, 0.2) is 36.4 Å². The Kier molecular flexibility index (Phi) is 4.42. The van der Waals surface area contributed by atoms with Gasteiger partial charge in [-0.05, 0) is 36.4 Å². The molecule has 0 spiro atoms. The number of rotatable bonds is 5. The Bertz CT molecular complexity index is 667. The van der Waals surface area contributed by atoms with Crippen molar-refractivity contribution in [2.45, 2.75) is 0 Å². The molecule has 0 amide bonds. The highest BCUT2D eigenvalue weighted by atomic mass is 19.1. The van der Waals surface area contributed by atoms with Gasteiger partial charge in [-0.25, -0.2) is 4.39 Å². The summed E-state index contributed by atoms with van der Waals surface area (Å²) in [6.07, 6.45) is 0. The van der Waals surface area contributed by atoms with E-state index in [2.05, 4.69) is 0 Å². The first-order valence-electron chi connectivity index (χ1n) is 6.21. The number of ether oxygens (including phenoxy) is 3. The lowest BCUT2D eigenvalue weighted by molar-refractivity contribution is 0.103. The maximum absolute atomic E-state index is 13.4. The highest BCUT2D eigenvalue weighted by molar-refractivity contribution is 6.11. The molecule has 0 fully saturated rings. The third kappa shape index (κ3) is 2.97. The van der Waals surface area contributed by atoms with Crippen molar-refractivity contribution in [3.8, 4) is 17.2 Å². The number of benzene rings is 2. The Hall–Kier alpha value is -2.56. The molecule has 0 aliphatic rings. The second-order valence-corrected chi connectivity index (χ2v) is 4.24. The number of carbonyl (C=O) groups is 1. The molecular weight excluding hydrogens is 275 g/mol. The maximum Gasteiger partial charge on any atom is 0.197 e. The van der Waals surface area contributed by atoms with Gasteiger partial charge in [0.2, 0.25) is 0 Å². The fourth-order valence-corrected chi connectivity index (χ4v) is 1.95. The standard InChI is InChI=1S/C16H15FO4/c1-19-11-5-7-14(20-2)12(9-11)16(18)10-4-6-13(17)15(8-10)21-3/h4-9H,1-3H3. The van der Waals surface area contributed by atoms with Crippen LogP contribution in [0, 0.1) is 5.82 Å². The van der Waals surface area contributed by atoms with E-state index in [-0.39, 0.29) is 11.5 Å². The van der Waals surface area contributed by atoms with E-state index in [1.165, 1.54) is 39.5 Å². The minimum absolute atomic E-state index is 0.0164. The molecule has 110 valence electrons. The molecule has 0 aromatic heterocycles. The zero-order valence-corrected chi connectivity index (χ0v) is 12.0. The first-order chi connectivity index (χ1) is 10.1. The van der Waals surface area contributed by atoms with Gasteiger partial charge < -0.3 is 14.2 Å². The van der Waals surface area contributed by atoms with E-state index in [1.807, 2.05) is 0 Å². The molecule has 0 aliphatic heterocycles. The quantitative estimate of drug-likeness (QED) is 0.794. The van der Waals surface area contributed by atoms with Crippen molar-refractivity contribution >= 4 is 5.78 Å². The summed E-state index contributed by atoms with van der Waals surface area (Å²) < 4.78 is 28.6. The van der Waals surface area contributed by atoms with E-state index in [1.54, 1.807) is 18.2 Å². The lowest BCUT2D eigenvalue weighted by atomic mass is 10.0. The van der Waals surface area contributed by atoms with Crippen molar-refractivity contribution in [1.82, 2.24) is 0 Å². The molecule has 0 radical (unpaired) electrons. The largest absolute Gasteiger partial charge is 0.497 e. The van der Waals surface area contributed by atoms with Gasteiger partial charge >= 0.3 is 0 Å². The van der Waals surface area contributed by atoms with Gasteiger partial charge in [0, 0.05) is 5.56 Å². The molecule has 5 heteroatoms. The molecule has 0 atom stereocenters. The van der Waals surface area contributed by atoms with Crippen LogP contribution in [0.3, 0.4) is 0 Å². The number of hydrogen-bond acceptors (Lipinski definition) is 4. The van der Waals surface area contributed by atoms with Crippen molar-refractivity contribution in [2.24, 2.45) is 0 Å². The second kappa shape index (κ2) is 6.26. The molecule has 0 saturated heterocycles. The predicted molar refractivity (Wildman–Crippen MR) is 75.9 cm³/mol. The number of carbonyl (C=O) groups excluding carboxylic acids is 1. The minimum Gasteiger partial charge on any atom is -0.497 e. The molecule has 2 aromatic rings. The van der Waals surface area contributed by atoms with Crippen LogP contribution in [0.1, 0.15) is 15.9 Å². The van der Waals surface area contributed by atoms with Crippen LogP contribution in [0.5, 0.6) is 17.2 Å². The van der Waals surface area contributed by atoms with Crippen LogP contribution < -0.4 is 14.2 Å². The van der Waals surface area contributed by atoms with E-state index >= 15 is 0 Å². The van der Waals surface area contributed by atoms with Gasteiger partial charge in [0.25, 0.3) is 0 Å². The monoisotopic (exact) mass is 290 g/mol. The summed E-state index contributed by atoms with van der Waals surface area (Å²) in [5.74, 6) is 0.149. The average Bonchev–Trinajstić information content (AvgIpc) is 2.54. The van der Waals surface area contributed by atoms with Crippen LogP contribution >= 0.6 is 0 Å². The summed E-state index contributed by atoms with van der Waals surface area (Å²) in [5.41, 5.74) is 0.644. The molecule has 2 aromatic carbocycles. The SMILES string of the molecule is COc1ccc(OC)c(C(=O)c2ccc(F)c(OC)c2)c1. The Balaban J connectivity index is 2.48. The Morgan fingerprint density at radius 2 is 1.62 bits per heavy atom. The summed E-state index contributed by atoms with van der Waals surface area (Å²) in [6, 6.07) is 8.87. The molecule has 0 N–H and O–H groups in total. The first kappa shape index (κ1) is 14.8. The van der Waals surface area contributed by atoms with Crippen molar-refractivity contribution in [2.75, 3.05) is 21.3 Å². The molecule has 0 unspecified atom stereocenters. The van der Waals surface area contributed by atoms with Gasteiger partial charge in [-0.3, -0.25) is 4.79 Å². The minimum atomic E-state index is -0.522. The summed E-state index contributed by atoms with van der Waals surface area (Å²) in [5, 5.41) is 0. The van der Waals surface area contributed by atoms with Crippen molar-refractivity contribution in [3.63, 3.8) is 0 Å². The van der Waals surface area contributed by atoms with Gasteiger partial charge in [-0.2, -0.15) is 0 Å². The number of hydrogen-bond donors (Lipinski definition) is 0. The van der Waals surface area contributed by atoms with E-state index in [9.17, 15) is 9.18 Å². The molecule has 0 heterocycles. The fraction of sp³-hybridized carbons (Fsp3) is 0.188. The average molecular weight is 290 g/mol. The normalized spacial score (nSPS) is 10.1. The highest BCUT2D eigenvalue weighted by Gasteiger charge is 2.17. The van der Waals surface area contributed by atoms with Gasteiger partial charge in [-0.1, -0.05) is 0 Å². The summed E-state index contributed by atoms with van der Waals surface area (Å²) >= 11 is 0. The molecular formula is C16H15FO4. The maximum atomic E-state index is 13.4. The second-order valence-electron chi connectivity index (χ2n) is 4.24. The zero-order chi connectivity index (χ0) is 15.4. The smallest absolute Gasteiger partial charge is 0.197 e. The molecule has 0 aliphatic carbocycles. The summed E-state index contributed by atoms with van der Waals surface area (Å²) in [4.78, 5) is 12.6. The molecule has 4 nitrogen and oxygen atoms in total. The molecule has 21 heavy (non-hydrogen) atoms. The third-order valence-corrected chi connectivity index (χ3v) is 3.06. The topological polar surface area (TPSA) is 44.8 Å². The zero-order valence-electron chi connectivity index (χ0n) is 12.0. The van der Waals surface area contributed by atoms with Crippen LogP contribution in [0.25, 0.3) is 0 Å². The highest BCUT2D eigenvalue weighted by Crippen LogP contribution is 2.28. The predicted octanol–water partition coefficient (Wildman–Crippen LogP) is 3.08. The van der Waals surface area contributed by atoms with E-state index in [4.69, 9.17) is 14.2 Å². The molecule has 2 rings (SSSR count). The van der Waals surface area contributed by atoms with Crippen molar-refractivity contribution < 1.29 is 23.4 Å². The third-order valence-electron chi connectivity index (χ3n) is 3.06. The van der Waals surface area contributed by atoms with Crippen LogP contribution in [0.2, 0.25) is 0 Å². The van der Waals surface area contributed by atoms with Gasteiger partial charge in [0.15, 0.2) is 17.3 Å². The van der Waals surface area contributed by atoms with Gasteiger partial charge in [0.05, 0.1) is 26.9 Å². The summed E-state index contributed by atoms with van der Waals surface area (Å²) in [6.45, 7) is 0. The number of halogens is 1. The molecule has 0 saturated carbocycles. The van der Waals surface area contributed by atoms with Crippen LogP contribution in [-0.4, -0.2) is 27.1 Å². The lowest BCUT2D eigenvalue weighted by Crippen LogP contribution is -2.05. The molecule has 0 bridgehead atoms. The Labute approximate surface area is 122 Å². The van der Waals surface area contributed by atoms with Gasteiger partial charge in [0.1, 0.15) is 11.5 Å². The van der Waals surface area contributed by atoms with Crippen LogP contribution in [0.4, 0.5) is 4.39 Å². The number of ketones is 1. The van der Waals surface area contributed by atoms with E-state index in [0.29, 0.717) is 22.6 Å². The Morgan fingerprint density at radius 3 is 2.24 bits per heavy atom. The van der Waals surface area contributed by atoms with Crippen molar-refractivity contribution in [3.05, 3.63) is 53.3 Å². The van der Waals surface area contributed by atoms with E-state index < -0.39 is 5.82 Å². The van der Waals surface area contributed by atoms with E-state index in [0.717, 1.165) is 0 Å². The summed E-state index contributed by atoms with van der Waals surface area (Å²) in [7, 11) is 4.33. The number of methoxy groups -OCH3 is 3. The lowest BCUT2D eigenvalue weighted by Gasteiger charge is -2.10. The fourth-order valence-electron chi connectivity index (χ4n) is 1.95. The van der Waals surface area contributed by atoms with Crippen molar-refractivity contribution in [1.29, 1.82) is 0 Å². The van der Waals surface area contributed by atoms with Crippen LogP contribution in [-0.2, 0) is 0 Å². The Morgan fingerprint density at radius 1 is 0.905 bits per heavy atom. The first-order valence-corrected chi connectivity index (χ1v) is 6.21.